The van der Waals surface area contributed by atoms with Gasteiger partial charge in [-0.25, -0.2) is 4.79 Å². The summed E-state index contributed by atoms with van der Waals surface area (Å²) in [6.07, 6.45) is 3.92. The molecule has 1 aromatic rings. The van der Waals surface area contributed by atoms with Gasteiger partial charge in [0.05, 0.1) is 25.9 Å². The monoisotopic (exact) mass is 347 g/mol. The SMILES string of the molecule is CN1C[C@]2(CCN(C(=O)C3CCN(Cc4ccco4)CC3)C2)OC1=O. The fourth-order valence-corrected chi connectivity index (χ4v) is 4.26. The fourth-order valence-electron chi connectivity index (χ4n) is 4.26. The molecule has 2 amide bonds. The van der Waals surface area contributed by atoms with Crippen LogP contribution >= 0.6 is 0 Å². The average Bonchev–Trinajstić information content (AvgIpc) is 3.31. The van der Waals surface area contributed by atoms with Crippen molar-refractivity contribution in [3.8, 4) is 0 Å². The van der Waals surface area contributed by atoms with Crippen LogP contribution in [0.5, 0.6) is 0 Å². The van der Waals surface area contributed by atoms with Gasteiger partial charge in [0, 0.05) is 25.9 Å². The number of carbonyl (C=O) groups is 2. The van der Waals surface area contributed by atoms with E-state index < -0.39 is 5.60 Å². The summed E-state index contributed by atoms with van der Waals surface area (Å²) < 4.78 is 10.9. The molecular formula is C18H25N3O4. The molecule has 1 aromatic heterocycles. The number of hydrogen-bond acceptors (Lipinski definition) is 5. The average molecular weight is 347 g/mol. The zero-order chi connectivity index (χ0) is 17.4. The van der Waals surface area contributed by atoms with Crippen molar-refractivity contribution in [1.82, 2.24) is 14.7 Å². The zero-order valence-corrected chi connectivity index (χ0v) is 14.6. The number of furan rings is 1. The quantitative estimate of drug-likeness (QED) is 0.830. The van der Waals surface area contributed by atoms with E-state index in [2.05, 4.69) is 4.90 Å². The van der Waals surface area contributed by atoms with Gasteiger partial charge < -0.3 is 19.0 Å². The Hall–Kier alpha value is -2.02. The normalized spacial score (nSPS) is 28.1. The summed E-state index contributed by atoms with van der Waals surface area (Å²) in [5.41, 5.74) is -0.485. The van der Waals surface area contributed by atoms with E-state index in [0.717, 1.165) is 44.7 Å². The molecule has 0 unspecified atom stereocenters. The van der Waals surface area contributed by atoms with Crippen LogP contribution in [0.1, 0.15) is 25.0 Å². The molecule has 7 heteroatoms. The molecule has 0 bridgehead atoms. The molecule has 3 aliphatic heterocycles. The summed E-state index contributed by atoms with van der Waals surface area (Å²) in [6.45, 7) is 4.43. The van der Waals surface area contributed by atoms with Gasteiger partial charge in [-0.15, -0.1) is 0 Å². The van der Waals surface area contributed by atoms with Crippen LogP contribution in [0.4, 0.5) is 4.79 Å². The van der Waals surface area contributed by atoms with Crippen LogP contribution in [0, 0.1) is 5.92 Å². The minimum absolute atomic E-state index is 0.0813. The first-order valence-electron chi connectivity index (χ1n) is 9.02. The minimum atomic E-state index is -0.485. The lowest BCUT2D eigenvalue weighted by Gasteiger charge is -2.33. The van der Waals surface area contributed by atoms with E-state index in [1.807, 2.05) is 17.0 Å². The molecule has 3 saturated heterocycles. The number of carbonyl (C=O) groups excluding carboxylic acids is 2. The number of nitrogens with zero attached hydrogens (tertiary/aromatic N) is 3. The Morgan fingerprint density at radius 2 is 2.08 bits per heavy atom. The van der Waals surface area contributed by atoms with Crippen LogP contribution in [0.3, 0.4) is 0 Å². The summed E-state index contributed by atoms with van der Waals surface area (Å²) in [5, 5.41) is 0. The van der Waals surface area contributed by atoms with Crippen LogP contribution in [0.2, 0.25) is 0 Å². The molecule has 0 saturated carbocycles. The second-order valence-electron chi connectivity index (χ2n) is 7.55. The van der Waals surface area contributed by atoms with E-state index in [1.54, 1.807) is 18.2 Å². The third-order valence-corrected chi connectivity index (χ3v) is 5.67. The molecule has 3 fully saturated rings. The van der Waals surface area contributed by atoms with Crippen molar-refractivity contribution in [3.05, 3.63) is 24.2 Å². The molecule has 1 spiro atoms. The van der Waals surface area contributed by atoms with Crippen molar-refractivity contribution < 1.29 is 18.7 Å². The Bertz CT molecular complexity index is 639. The van der Waals surface area contributed by atoms with Crippen LogP contribution in [0.15, 0.2) is 22.8 Å². The molecule has 0 aliphatic carbocycles. The van der Waals surface area contributed by atoms with E-state index in [4.69, 9.17) is 9.15 Å². The second-order valence-corrected chi connectivity index (χ2v) is 7.55. The second kappa shape index (κ2) is 6.37. The number of likely N-dealkylation sites (N-methyl/N-ethyl adjacent to an activating group) is 1. The van der Waals surface area contributed by atoms with Crippen LogP contribution in [-0.4, -0.2) is 72.1 Å². The number of piperidine rings is 1. The van der Waals surface area contributed by atoms with Gasteiger partial charge >= 0.3 is 6.09 Å². The summed E-state index contributed by atoms with van der Waals surface area (Å²) in [6, 6.07) is 3.89. The largest absolute Gasteiger partial charge is 0.468 e. The molecule has 0 radical (unpaired) electrons. The lowest BCUT2D eigenvalue weighted by atomic mass is 9.95. The number of amides is 2. The Kier molecular flexibility index (Phi) is 4.19. The first-order valence-corrected chi connectivity index (χ1v) is 9.02. The van der Waals surface area contributed by atoms with Crippen LogP contribution in [0.25, 0.3) is 0 Å². The van der Waals surface area contributed by atoms with E-state index in [-0.39, 0.29) is 17.9 Å². The van der Waals surface area contributed by atoms with Crippen molar-refractivity contribution >= 4 is 12.0 Å². The van der Waals surface area contributed by atoms with Gasteiger partial charge in [-0.05, 0) is 38.1 Å². The van der Waals surface area contributed by atoms with Crippen molar-refractivity contribution in [2.45, 2.75) is 31.4 Å². The zero-order valence-electron chi connectivity index (χ0n) is 14.6. The molecule has 0 N–H and O–H groups in total. The molecule has 4 heterocycles. The van der Waals surface area contributed by atoms with E-state index in [0.29, 0.717) is 19.6 Å². The summed E-state index contributed by atoms with van der Waals surface area (Å²) in [7, 11) is 1.75. The Labute approximate surface area is 147 Å². The smallest absolute Gasteiger partial charge is 0.410 e. The van der Waals surface area contributed by atoms with Gasteiger partial charge in [0.15, 0.2) is 5.60 Å². The fraction of sp³-hybridized carbons (Fsp3) is 0.667. The standard InChI is InChI=1S/C18H25N3O4/c1-19-12-18(25-17(19)23)6-9-21(13-18)16(22)14-4-7-20(8-5-14)11-15-3-2-10-24-15/h2-3,10,14H,4-9,11-13H2,1H3/t18-/m0/s1. The van der Waals surface area contributed by atoms with E-state index in [1.165, 1.54) is 0 Å². The maximum atomic E-state index is 12.9. The molecule has 4 rings (SSSR count). The molecule has 0 aromatic carbocycles. The minimum Gasteiger partial charge on any atom is -0.468 e. The molecule has 1 atom stereocenters. The highest BCUT2D eigenvalue weighted by Gasteiger charge is 2.50. The molecular weight excluding hydrogens is 322 g/mol. The highest BCUT2D eigenvalue weighted by Crippen LogP contribution is 2.33. The number of ether oxygens (including phenoxy) is 1. The molecule has 136 valence electrons. The first kappa shape index (κ1) is 16.4. The predicted molar refractivity (Wildman–Crippen MR) is 89.7 cm³/mol. The Morgan fingerprint density at radius 1 is 1.28 bits per heavy atom. The Balaban J connectivity index is 1.29. The number of hydrogen-bond donors (Lipinski definition) is 0. The predicted octanol–water partition coefficient (Wildman–Crippen LogP) is 1.54. The summed E-state index contributed by atoms with van der Waals surface area (Å²) >= 11 is 0. The molecule has 7 nitrogen and oxygen atoms in total. The highest BCUT2D eigenvalue weighted by molar-refractivity contribution is 5.80. The number of likely N-dealkylation sites (tertiary alicyclic amines) is 2. The van der Waals surface area contributed by atoms with Gasteiger partial charge in [-0.3, -0.25) is 9.69 Å². The van der Waals surface area contributed by atoms with Crippen LogP contribution in [-0.2, 0) is 16.1 Å². The molecule has 3 aliphatic rings. The van der Waals surface area contributed by atoms with E-state index >= 15 is 0 Å². The van der Waals surface area contributed by atoms with Gasteiger partial charge in [0.25, 0.3) is 0 Å². The third kappa shape index (κ3) is 3.25. The molecule has 25 heavy (non-hydrogen) atoms. The maximum absolute atomic E-state index is 12.9. The van der Waals surface area contributed by atoms with Crippen LogP contribution < -0.4 is 0 Å². The van der Waals surface area contributed by atoms with Gasteiger partial charge in [-0.2, -0.15) is 0 Å². The Morgan fingerprint density at radius 3 is 2.72 bits per heavy atom. The third-order valence-electron chi connectivity index (χ3n) is 5.67. The highest BCUT2D eigenvalue weighted by atomic mass is 16.6. The van der Waals surface area contributed by atoms with Gasteiger partial charge in [-0.1, -0.05) is 0 Å². The van der Waals surface area contributed by atoms with E-state index in [9.17, 15) is 9.59 Å². The van der Waals surface area contributed by atoms with Gasteiger partial charge in [0.1, 0.15) is 5.76 Å². The van der Waals surface area contributed by atoms with Crippen molar-refractivity contribution in [3.63, 3.8) is 0 Å². The summed E-state index contributed by atoms with van der Waals surface area (Å²) in [5.74, 6) is 1.27. The van der Waals surface area contributed by atoms with Gasteiger partial charge in [0.2, 0.25) is 5.91 Å². The van der Waals surface area contributed by atoms with Crippen molar-refractivity contribution in [2.24, 2.45) is 5.92 Å². The topological polar surface area (TPSA) is 66.2 Å². The lowest BCUT2D eigenvalue weighted by Crippen LogP contribution is -2.44. The lowest BCUT2D eigenvalue weighted by molar-refractivity contribution is -0.136. The van der Waals surface area contributed by atoms with Crippen molar-refractivity contribution in [2.75, 3.05) is 39.8 Å². The maximum Gasteiger partial charge on any atom is 0.410 e. The first-order chi connectivity index (χ1) is 12.0. The number of rotatable bonds is 3. The summed E-state index contributed by atoms with van der Waals surface area (Å²) in [4.78, 5) is 30.4. The van der Waals surface area contributed by atoms with Crippen molar-refractivity contribution in [1.29, 1.82) is 0 Å².